The van der Waals surface area contributed by atoms with E-state index in [1.807, 2.05) is 0 Å². The number of carbonyl (C=O) groups excluding carboxylic acids is 1. The maximum Gasteiger partial charge on any atom is 0.352 e. The Kier molecular flexibility index (Phi) is 7.51. The highest BCUT2D eigenvalue weighted by molar-refractivity contribution is 7.07. The molecule has 0 saturated heterocycles. The van der Waals surface area contributed by atoms with Gasteiger partial charge in [-0.1, -0.05) is 30.9 Å². The van der Waals surface area contributed by atoms with Crippen molar-refractivity contribution in [2.24, 2.45) is 0 Å². The van der Waals surface area contributed by atoms with Crippen molar-refractivity contribution in [3.8, 4) is 11.8 Å². The number of rotatable bonds is 8. The molecule has 0 bridgehead atoms. The van der Waals surface area contributed by atoms with Crippen LogP contribution in [0.15, 0.2) is 41.7 Å². The quantitative estimate of drug-likeness (QED) is 0.497. The van der Waals surface area contributed by atoms with Crippen LogP contribution < -0.4 is 19.5 Å². The summed E-state index contributed by atoms with van der Waals surface area (Å²) in [7, 11) is 0. The third-order valence-corrected chi connectivity index (χ3v) is 4.77. The summed E-state index contributed by atoms with van der Waals surface area (Å²) >= 11 is 0.970. The van der Waals surface area contributed by atoms with Crippen LogP contribution in [0.25, 0.3) is 11.6 Å². The fourth-order valence-corrected chi connectivity index (χ4v) is 3.54. The molecule has 1 N–H and O–H groups in total. The minimum atomic E-state index is -1.13. The van der Waals surface area contributed by atoms with Crippen LogP contribution >= 0.6 is 11.3 Å². The van der Waals surface area contributed by atoms with E-state index in [4.69, 9.17) is 14.6 Å². The summed E-state index contributed by atoms with van der Waals surface area (Å²) in [6.07, 6.45) is 2.91. The van der Waals surface area contributed by atoms with Crippen molar-refractivity contribution < 1.29 is 24.2 Å². The van der Waals surface area contributed by atoms with Crippen molar-refractivity contribution in [2.75, 3.05) is 13.2 Å². The highest BCUT2D eigenvalue weighted by atomic mass is 32.1. The smallest absolute Gasteiger partial charge is 0.352 e. The summed E-state index contributed by atoms with van der Waals surface area (Å²) in [5, 5.41) is 18.2. The molecule has 0 aliphatic carbocycles. The summed E-state index contributed by atoms with van der Waals surface area (Å²) in [6.45, 7) is 4.83. The third-order valence-electron chi connectivity index (χ3n) is 3.64. The molecule has 0 aliphatic rings. The molecule has 2 rings (SSSR count). The number of nitrogens with zero attached hydrogens (tertiary/aromatic N) is 2. The molecule has 0 aliphatic heterocycles. The third kappa shape index (κ3) is 5.21. The second kappa shape index (κ2) is 10.1. The Balaban J connectivity index is 2.66. The van der Waals surface area contributed by atoms with Gasteiger partial charge in [0.15, 0.2) is 12.2 Å². The van der Waals surface area contributed by atoms with Crippen molar-refractivity contribution in [1.29, 1.82) is 5.26 Å². The molecule has 0 saturated carbocycles. The number of para-hydroxylation sites is 1. The molecule has 29 heavy (non-hydrogen) atoms. The molecule has 0 unspecified atom stereocenters. The molecule has 1 heterocycles. The Morgan fingerprint density at radius 1 is 1.38 bits per heavy atom. The molecule has 150 valence electrons. The lowest BCUT2D eigenvalue weighted by Gasteiger charge is -2.05. The average molecular weight is 414 g/mol. The molecule has 0 amide bonds. The number of aliphatic carboxylic acids is 1. The molecule has 0 spiro atoms. The lowest BCUT2D eigenvalue weighted by atomic mass is 10.2. The van der Waals surface area contributed by atoms with Gasteiger partial charge in [0.2, 0.25) is 0 Å². The summed E-state index contributed by atoms with van der Waals surface area (Å²) < 4.78 is 11.9. The van der Waals surface area contributed by atoms with Crippen molar-refractivity contribution in [1.82, 2.24) is 4.57 Å². The number of aromatic nitrogens is 1. The maximum absolute atomic E-state index is 12.8. The molecule has 1 aromatic carbocycles. The van der Waals surface area contributed by atoms with E-state index in [1.165, 1.54) is 16.7 Å². The molecule has 9 heteroatoms. The Labute approximate surface area is 169 Å². The standard InChI is InChI=1S/C20H18N2O6S/c1-3-9-27-20(26)14(11-21)19-22(4-2)18(25)16(29-19)10-13-7-5-6-8-15(13)28-12-17(23)24/h3,5-8,10H,1,4,9,12H2,2H3,(H,23,24)/b16-10?,19-14-. The second-order valence-corrected chi connectivity index (χ2v) is 6.59. The lowest BCUT2D eigenvalue weighted by Crippen LogP contribution is -2.32. The molecular formula is C20H18N2O6S. The van der Waals surface area contributed by atoms with E-state index < -0.39 is 18.5 Å². The fraction of sp³-hybridized carbons (Fsp3) is 0.200. The van der Waals surface area contributed by atoms with Crippen molar-refractivity contribution in [3.05, 3.63) is 62.0 Å². The molecule has 2 aromatic rings. The number of carbonyl (C=O) groups is 2. The molecule has 0 atom stereocenters. The van der Waals surface area contributed by atoms with Crippen molar-refractivity contribution in [3.63, 3.8) is 0 Å². The number of ether oxygens (including phenoxy) is 2. The van der Waals surface area contributed by atoms with Crippen LogP contribution in [0.3, 0.4) is 0 Å². The van der Waals surface area contributed by atoms with Gasteiger partial charge in [0.25, 0.3) is 5.56 Å². The van der Waals surface area contributed by atoms with Gasteiger partial charge in [0.1, 0.15) is 23.1 Å². The van der Waals surface area contributed by atoms with E-state index in [0.29, 0.717) is 11.3 Å². The van der Waals surface area contributed by atoms with E-state index >= 15 is 0 Å². The first-order valence-electron chi connectivity index (χ1n) is 8.50. The van der Waals surface area contributed by atoms with E-state index in [0.717, 1.165) is 11.3 Å². The Morgan fingerprint density at radius 3 is 2.72 bits per heavy atom. The first-order chi connectivity index (χ1) is 13.9. The topological polar surface area (TPSA) is 119 Å². The van der Waals surface area contributed by atoms with Gasteiger partial charge in [-0.25, -0.2) is 9.59 Å². The number of carboxylic acid groups (broad SMARTS) is 1. The Hall–Kier alpha value is -3.64. The number of thiazole rings is 1. The normalized spacial score (nSPS) is 12.1. The predicted octanol–water partition coefficient (Wildman–Crippen LogP) is 0.625. The zero-order valence-corrected chi connectivity index (χ0v) is 16.4. The number of hydrogen-bond acceptors (Lipinski definition) is 7. The van der Waals surface area contributed by atoms with E-state index in [1.54, 1.807) is 37.3 Å². The van der Waals surface area contributed by atoms with Gasteiger partial charge >= 0.3 is 11.9 Å². The van der Waals surface area contributed by atoms with Crippen LogP contribution in [0.2, 0.25) is 0 Å². The Morgan fingerprint density at radius 2 is 2.10 bits per heavy atom. The van der Waals surface area contributed by atoms with Crippen LogP contribution in [0.5, 0.6) is 5.75 Å². The largest absolute Gasteiger partial charge is 0.481 e. The summed E-state index contributed by atoms with van der Waals surface area (Å²) in [5.74, 6) is -1.67. The van der Waals surface area contributed by atoms with E-state index in [-0.39, 0.29) is 33.5 Å². The number of carboxylic acids is 1. The van der Waals surface area contributed by atoms with Crippen molar-refractivity contribution >= 4 is 34.9 Å². The van der Waals surface area contributed by atoms with Gasteiger partial charge in [0, 0.05) is 12.1 Å². The first kappa shape index (κ1) is 21.7. The predicted molar refractivity (Wildman–Crippen MR) is 107 cm³/mol. The zero-order valence-electron chi connectivity index (χ0n) is 15.6. The number of esters is 1. The molecule has 0 fully saturated rings. The lowest BCUT2D eigenvalue weighted by molar-refractivity contribution is -0.139. The molecule has 1 aromatic heterocycles. The maximum atomic E-state index is 12.8. The summed E-state index contributed by atoms with van der Waals surface area (Å²) in [5.41, 5.74) is -0.162. The monoisotopic (exact) mass is 414 g/mol. The number of hydrogen-bond donors (Lipinski definition) is 1. The molecular weight excluding hydrogens is 396 g/mol. The van der Waals surface area contributed by atoms with Gasteiger partial charge in [-0.3, -0.25) is 9.36 Å². The summed E-state index contributed by atoms with van der Waals surface area (Å²) in [6, 6.07) is 8.45. The Bertz CT molecular complexity index is 1150. The number of nitriles is 1. The minimum absolute atomic E-state index is 0.0565. The van der Waals surface area contributed by atoms with Crippen LogP contribution in [0, 0.1) is 11.3 Å². The van der Waals surface area contributed by atoms with Crippen LogP contribution in [0.1, 0.15) is 12.5 Å². The molecule has 8 nitrogen and oxygen atoms in total. The molecule has 0 radical (unpaired) electrons. The van der Waals surface area contributed by atoms with Crippen LogP contribution in [0.4, 0.5) is 0 Å². The fourth-order valence-electron chi connectivity index (χ4n) is 2.39. The highest BCUT2D eigenvalue weighted by Crippen LogP contribution is 2.18. The van der Waals surface area contributed by atoms with Gasteiger partial charge < -0.3 is 14.6 Å². The van der Waals surface area contributed by atoms with Gasteiger partial charge in [0.05, 0.1) is 4.53 Å². The number of benzene rings is 1. The van der Waals surface area contributed by atoms with Crippen LogP contribution in [-0.4, -0.2) is 34.8 Å². The second-order valence-electron chi connectivity index (χ2n) is 5.56. The van der Waals surface area contributed by atoms with Gasteiger partial charge in [-0.2, -0.15) is 5.26 Å². The van der Waals surface area contributed by atoms with Crippen molar-refractivity contribution in [2.45, 2.75) is 13.5 Å². The zero-order chi connectivity index (χ0) is 21.4. The van der Waals surface area contributed by atoms with Gasteiger partial charge in [-0.05, 0) is 19.1 Å². The van der Waals surface area contributed by atoms with Gasteiger partial charge in [-0.15, -0.1) is 11.3 Å². The first-order valence-corrected chi connectivity index (χ1v) is 9.32. The average Bonchev–Trinajstić information content (AvgIpc) is 3.01. The SMILES string of the molecule is C=CCOC(=O)/C(C#N)=c1\sc(=Cc2ccccc2OCC(=O)O)c(=O)n1CC. The summed E-state index contributed by atoms with van der Waals surface area (Å²) in [4.78, 5) is 35.7. The highest BCUT2D eigenvalue weighted by Gasteiger charge is 2.16. The van der Waals surface area contributed by atoms with E-state index in [2.05, 4.69) is 6.58 Å². The van der Waals surface area contributed by atoms with E-state index in [9.17, 15) is 19.6 Å². The minimum Gasteiger partial charge on any atom is -0.481 e. The van der Waals surface area contributed by atoms with Crippen LogP contribution in [-0.2, 0) is 20.9 Å².